The van der Waals surface area contributed by atoms with Gasteiger partial charge in [0, 0.05) is 37.2 Å². The first-order chi connectivity index (χ1) is 12.2. The van der Waals surface area contributed by atoms with Gasteiger partial charge in [-0.25, -0.2) is 0 Å². The zero-order valence-electron chi connectivity index (χ0n) is 15.6. The lowest BCUT2D eigenvalue weighted by Gasteiger charge is -2.40. The van der Waals surface area contributed by atoms with E-state index in [1.165, 1.54) is 43.1 Å². The standard InChI is InChI=1S/C21H31N3O/c1-3-10-25-20-11-18-8-9-19(12-20)23(18)14-16(2)15-24-21-7-5-4-6-17(21)13-22-24/h4-7,13,16,18-20H,3,8-12,14-15H2,1-2H3/t16-,18+,19?,20?/m1/s1. The van der Waals surface area contributed by atoms with Crippen molar-refractivity contribution in [2.45, 2.75) is 70.7 Å². The van der Waals surface area contributed by atoms with E-state index in [0.717, 1.165) is 31.7 Å². The summed E-state index contributed by atoms with van der Waals surface area (Å²) in [5.74, 6) is 0.611. The van der Waals surface area contributed by atoms with Crippen molar-refractivity contribution in [2.24, 2.45) is 5.92 Å². The molecule has 136 valence electrons. The number of nitrogens with zero attached hydrogens (tertiary/aromatic N) is 3. The topological polar surface area (TPSA) is 30.3 Å². The molecule has 4 heteroatoms. The predicted molar refractivity (Wildman–Crippen MR) is 102 cm³/mol. The second-order valence-electron chi connectivity index (χ2n) is 8.04. The first-order valence-electron chi connectivity index (χ1n) is 10.0. The van der Waals surface area contributed by atoms with Crippen LogP contribution in [0.1, 0.15) is 46.0 Å². The number of para-hydroxylation sites is 1. The first kappa shape index (κ1) is 17.0. The maximum atomic E-state index is 6.06. The Kier molecular flexibility index (Phi) is 5.09. The van der Waals surface area contributed by atoms with E-state index in [1.807, 2.05) is 6.20 Å². The highest BCUT2D eigenvalue weighted by atomic mass is 16.5. The number of aromatic nitrogens is 2. The number of rotatable bonds is 7. The van der Waals surface area contributed by atoms with E-state index in [4.69, 9.17) is 4.74 Å². The fraction of sp³-hybridized carbons (Fsp3) is 0.667. The molecule has 4 atom stereocenters. The summed E-state index contributed by atoms with van der Waals surface area (Å²) in [5, 5.41) is 5.85. The van der Waals surface area contributed by atoms with Crippen molar-refractivity contribution in [1.82, 2.24) is 14.7 Å². The molecule has 2 saturated heterocycles. The first-order valence-corrected chi connectivity index (χ1v) is 10.0. The van der Waals surface area contributed by atoms with Gasteiger partial charge in [-0.15, -0.1) is 0 Å². The molecule has 25 heavy (non-hydrogen) atoms. The zero-order chi connectivity index (χ0) is 17.2. The average Bonchev–Trinajstić information content (AvgIpc) is 3.11. The molecule has 3 heterocycles. The molecule has 2 aliphatic rings. The molecule has 0 radical (unpaired) electrons. The summed E-state index contributed by atoms with van der Waals surface area (Å²) in [4.78, 5) is 2.78. The Morgan fingerprint density at radius 2 is 1.92 bits per heavy atom. The van der Waals surface area contributed by atoms with Crippen LogP contribution in [0.4, 0.5) is 0 Å². The maximum absolute atomic E-state index is 6.06. The molecule has 0 spiro atoms. The van der Waals surface area contributed by atoms with Crippen molar-refractivity contribution in [1.29, 1.82) is 0 Å². The molecule has 2 fully saturated rings. The number of fused-ring (bicyclic) bond motifs is 3. The minimum absolute atomic E-state index is 0.499. The number of benzene rings is 1. The van der Waals surface area contributed by atoms with E-state index < -0.39 is 0 Å². The third-order valence-corrected chi connectivity index (χ3v) is 5.96. The van der Waals surface area contributed by atoms with Crippen molar-refractivity contribution >= 4 is 10.9 Å². The normalized spacial score (nSPS) is 27.8. The molecule has 2 bridgehead atoms. The van der Waals surface area contributed by atoms with Gasteiger partial charge in [-0.3, -0.25) is 9.58 Å². The van der Waals surface area contributed by atoms with Gasteiger partial charge in [0.1, 0.15) is 0 Å². The summed E-state index contributed by atoms with van der Waals surface area (Å²) in [7, 11) is 0. The van der Waals surface area contributed by atoms with Crippen LogP contribution >= 0.6 is 0 Å². The summed E-state index contributed by atoms with van der Waals surface area (Å²) in [6.07, 6.45) is 8.79. The van der Waals surface area contributed by atoms with Crippen molar-refractivity contribution in [2.75, 3.05) is 13.2 Å². The minimum Gasteiger partial charge on any atom is -0.378 e. The Labute approximate surface area is 151 Å². The van der Waals surface area contributed by atoms with Gasteiger partial charge in [0.2, 0.25) is 0 Å². The number of piperidine rings is 1. The Bertz CT molecular complexity index is 683. The molecule has 2 aromatic rings. The van der Waals surface area contributed by atoms with Gasteiger partial charge >= 0.3 is 0 Å². The van der Waals surface area contributed by atoms with Crippen LogP contribution in [0.5, 0.6) is 0 Å². The van der Waals surface area contributed by atoms with Crippen molar-refractivity contribution in [3.8, 4) is 0 Å². The number of hydrogen-bond acceptors (Lipinski definition) is 3. The third kappa shape index (κ3) is 3.61. The van der Waals surface area contributed by atoms with Crippen molar-refractivity contribution in [3.05, 3.63) is 30.5 Å². The van der Waals surface area contributed by atoms with Gasteiger partial charge in [0.05, 0.1) is 17.8 Å². The van der Waals surface area contributed by atoms with Gasteiger partial charge in [0.25, 0.3) is 0 Å². The van der Waals surface area contributed by atoms with Crippen LogP contribution in [0.25, 0.3) is 10.9 Å². The monoisotopic (exact) mass is 341 g/mol. The van der Waals surface area contributed by atoms with Crippen LogP contribution in [0.2, 0.25) is 0 Å². The molecule has 0 aliphatic carbocycles. The quantitative estimate of drug-likeness (QED) is 0.760. The summed E-state index contributed by atoms with van der Waals surface area (Å²) in [5.41, 5.74) is 1.25. The summed E-state index contributed by atoms with van der Waals surface area (Å²) >= 11 is 0. The summed E-state index contributed by atoms with van der Waals surface area (Å²) in [6, 6.07) is 9.97. The van der Waals surface area contributed by atoms with Gasteiger partial charge in [0.15, 0.2) is 0 Å². The van der Waals surface area contributed by atoms with Crippen LogP contribution in [0.15, 0.2) is 30.5 Å². The van der Waals surface area contributed by atoms with Gasteiger partial charge < -0.3 is 4.74 Å². The molecular formula is C21H31N3O. The molecule has 4 rings (SSSR count). The van der Waals surface area contributed by atoms with Crippen LogP contribution in [0.3, 0.4) is 0 Å². The predicted octanol–water partition coefficient (Wildman–Crippen LogP) is 4.09. The highest BCUT2D eigenvalue weighted by Crippen LogP contribution is 2.37. The molecule has 1 aromatic carbocycles. The third-order valence-electron chi connectivity index (χ3n) is 5.96. The fourth-order valence-electron chi connectivity index (χ4n) is 4.83. The largest absolute Gasteiger partial charge is 0.378 e. The van der Waals surface area contributed by atoms with E-state index in [9.17, 15) is 0 Å². The molecule has 0 saturated carbocycles. The molecule has 1 aromatic heterocycles. The van der Waals surface area contributed by atoms with Gasteiger partial charge in [-0.05, 0) is 44.1 Å². The highest BCUT2D eigenvalue weighted by Gasteiger charge is 2.41. The zero-order valence-corrected chi connectivity index (χ0v) is 15.6. The van der Waals surface area contributed by atoms with E-state index in [0.29, 0.717) is 12.0 Å². The Morgan fingerprint density at radius 3 is 2.68 bits per heavy atom. The molecule has 0 N–H and O–H groups in total. The van der Waals surface area contributed by atoms with Crippen LogP contribution < -0.4 is 0 Å². The van der Waals surface area contributed by atoms with Gasteiger partial charge in [-0.2, -0.15) is 5.10 Å². The number of ether oxygens (including phenoxy) is 1. The lowest BCUT2D eigenvalue weighted by atomic mass is 9.98. The lowest BCUT2D eigenvalue weighted by molar-refractivity contribution is -0.0237. The smallest absolute Gasteiger partial charge is 0.0682 e. The van der Waals surface area contributed by atoms with Crippen LogP contribution in [-0.4, -0.2) is 46.0 Å². The van der Waals surface area contributed by atoms with Crippen molar-refractivity contribution in [3.63, 3.8) is 0 Å². The second-order valence-corrected chi connectivity index (χ2v) is 8.04. The fourth-order valence-corrected chi connectivity index (χ4v) is 4.83. The van der Waals surface area contributed by atoms with Crippen LogP contribution in [-0.2, 0) is 11.3 Å². The Balaban J connectivity index is 1.36. The molecular weight excluding hydrogens is 310 g/mol. The lowest BCUT2D eigenvalue weighted by Crippen LogP contribution is -2.47. The minimum atomic E-state index is 0.499. The summed E-state index contributed by atoms with van der Waals surface area (Å²) < 4.78 is 8.24. The number of hydrogen-bond donors (Lipinski definition) is 0. The molecule has 4 nitrogen and oxygen atoms in total. The van der Waals surface area contributed by atoms with E-state index in [2.05, 4.69) is 52.8 Å². The van der Waals surface area contributed by atoms with Crippen LogP contribution in [0, 0.1) is 5.92 Å². The summed E-state index contributed by atoms with van der Waals surface area (Å²) in [6.45, 7) is 7.68. The average molecular weight is 341 g/mol. The maximum Gasteiger partial charge on any atom is 0.0682 e. The van der Waals surface area contributed by atoms with Gasteiger partial charge in [-0.1, -0.05) is 32.0 Å². The Morgan fingerprint density at radius 1 is 1.16 bits per heavy atom. The second kappa shape index (κ2) is 7.46. The molecule has 0 amide bonds. The van der Waals surface area contributed by atoms with E-state index >= 15 is 0 Å². The van der Waals surface area contributed by atoms with E-state index in [-0.39, 0.29) is 0 Å². The molecule has 2 aliphatic heterocycles. The van der Waals surface area contributed by atoms with E-state index in [1.54, 1.807) is 0 Å². The SMILES string of the molecule is CCCOC1CC2CC[C@@H](C1)N2C[C@@H](C)Cn1ncc2ccccc21. The highest BCUT2D eigenvalue weighted by molar-refractivity contribution is 5.78. The molecule has 2 unspecified atom stereocenters. The van der Waals surface area contributed by atoms with Crippen molar-refractivity contribution < 1.29 is 4.74 Å². The Hall–Kier alpha value is -1.39.